The van der Waals surface area contributed by atoms with Crippen molar-refractivity contribution in [3.05, 3.63) is 122 Å². The number of allylic oxidation sites excluding steroid dienone is 20. The van der Waals surface area contributed by atoms with Gasteiger partial charge >= 0.3 is 17.9 Å². The number of carbonyl (C=O) groups is 3. The number of esters is 2. The first kappa shape index (κ1) is 102. The lowest BCUT2D eigenvalue weighted by Gasteiger charge is -2.25. The summed E-state index contributed by atoms with van der Waals surface area (Å²) in [5.74, 6) is -2.00. The summed E-state index contributed by atoms with van der Waals surface area (Å²) in [5, 5.41) is 9.79. The number of unbranched alkanes of at least 4 members (excludes halogenated alkanes) is 49. The Bertz CT molecular complexity index is 2170. The van der Waals surface area contributed by atoms with Gasteiger partial charge in [-0.25, -0.2) is 4.79 Å². The number of nitrogens with zero attached hydrogens (tertiary/aromatic N) is 1. The molecule has 0 aromatic rings. The molecule has 0 aliphatic rings. The van der Waals surface area contributed by atoms with Crippen molar-refractivity contribution in [3.8, 4) is 0 Å². The maximum Gasteiger partial charge on any atom is 0.361 e. The fraction of sp³-hybridized carbons (Fsp3) is 0.763. The zero-order valence-electron chi connectivity index (χ0n) is 70.3. The summed E-state index contributed by atoms with van der Waals surface area (Å²) >= 11 is 0. The van der Waals surface area contributed by atoms with Crippen molar-refractivity contribution in [2.24, 2.45) is 0 Å². The summed E-state index contributed by atoms with van der Waals surface area (Å²) in [6.45, 7) is 4.81. The van der Waals surface area contributed by atoms with Crippen molar-refractivity contribution < 1.29 is 42.9 Å². The van der Waals surface area contributed by atoms with Gasteiger partial charge in [0.15, 0.2) is 6.10 Å². The molecule has 0 aliphatic carbocycles. The highest BCUT2D eigenvalue weighted by molar-refractivity contribution is 5.71. The molecule has 0 spiro atoms. The van der Waals surface area contributed by atoms with Crippen molar-refractivity contribution >= 4 is 17.9 Å². The smallest absolute Gasteiger partial charge is 0.361 e. The number of quaternary nitrogens is 1. The van der Waals surface area contributed by atoms with Gasteiger partial charge in [-0.15, -0.1) is 0 Å². The Kier molecular flexibility index (Phi) is 82.8. The third kappa shape index (κ3) is 86.9. The molecule has 106 heavy (non-hydrogen) atoms. The van der Waals surface area contributed by atoms with Crippen LogP contribution in [0.15, 0.2) is 122 Å². The number of ether oxygens (including phenoxy) is 4. The van der Waals surface area contributed by atoms with Gasteiger partial charge in [-0.05, 0) is 89.9 Å². The number of rotatable bonds is 84. The molecule has 0 aromatic carbocycles. The maximum absolute atomic E-state index is 13.0. The molecule has 9 nitrogen and oxygen atoms in total. The molecule has 612 valence electrons. The van der Waals surface area contributed by atoms with Crippen LogP contribution in [0.1, 0.15) is 418 Å². The minimum Gasteiger partial charge on any atom is -0.477 e. The van der Waals surface area contributed by atoms with E-state index >= 15 is 0 Å². The summed E-state index contributed by atoms with van der Waals surface area (Å²) in [4.78, 5) is 37.8. The highest BCUT2D eigenvalue weighted by Crippen LogP contribution is 2.20. The van der Waals surface area contributed by atoms with Gasteiger partial charge in [-0.2, -0.15) is 0 Å². The molecular weight excluding hydrogens is 1310 g/mol. The van der Waals surface area contributed by atoms with E-state index in [2.05, 4.69) is 135 Å². The molecule has 0 rings (SSSR count). The van der Waals surface area contributed by atoms with Gasteiger partial charge in [-0.1, -0.05) is 437 Å². The average Bonchev–Trinajstić information content (AvgIpc) is 0.935. The number of carbonyl (C=O) groups excluding carboxylic acids is 2. The highest BCUT2D eigenvalue weighted by Gasteiger charge is 2.25. The van der Waals surface area contributed by atoms with Gasteiger partial charge in [0.2, 0.25) is 0 Å². The van der Waals surface area contributed by atoms with Gasteiger partial charge in [0.05, 0.1) is 34.4 Å². The molecule has 2 unspecified atom stereocenters. The third-order valence-corrected chi connectivity index (χ3v) is 20.0. The van der Waals surface area contributed by atoms with Gasteiger partial charge in [0.1, 0.15) is 13.2 Å². The number of aliphatic carboxylic acids is 1. The first-order valence-electron chi connectivity index (χ1n) is 45.2. The SMILES string of the molecule is CC/C=C\C/C=C\C/C=C\C/C=C\C/C=C\C/C=C\C/C=C\C/C=C\C/C=C\C/C=C\CCCCCCCCCCCCC(=O)OC(COC(=O)CCCCCCCCCCCCCCCCCCCCCCCCCCCCCCCCCCCCCCCCCC)COC(OCC[N+](C)(C)C)C(=O)O. The van der Waals surface area contributed by atoms with Crippen LogP contribution in [0, 0.1) is 0 Å². The van der Waals surface area contributed by atoms with Crippen LogP contribution in [-0.4, -0.2) is 87.4 Å². The molecule has 0 aromatic heterocycles. The van der Waals surface area contributed by atoms with Crippen LogP contribution in [0.3, 0.4) is 0 Å². The maximum atomic E-state index is 13.0. The van der Waals surface area contributed by atoms with Crippen molar-refractivity contribution in [2.45, 2.75) is 431 Å². The number of carboxylic acid groups (broad SMARTS) is 1. The molecular formula is C97H172NO8+. The third-order valence-electron chi connectivity index (χ3n) is 20.0. The fourth-order valence-corrected chi connectivity index (χ4v) is 13.2. The number of likely N-dealkylation sites (N-methyl/N-ethyl adjacent to an activating group) is 1. The van der Waals surface area contributed by atoms with E-state index in [0.717, 1.165) is 109 Å². The monoisotopic (exact) mass is 1480 g/mol. The quantitative estimate of drug-likeness (QED) is 0.0211. The van der Waals surface area contributed by atoms with E-state index in [1.54, 1.807) is 0 Å². The lowest BCUT2D eigenvalue weighted by atomic mass is 10.0. The van der Waals surface area contributed by atoms with Crippen molar-refractivity contribution in [1.29, 1.82) is 0 Å². The van der Waals surface area contributed by atoms with Crippen molar-refractivity contribution in [1.82, 2.24) is 0 Å². The lowest BCUT2D eigenvalue weighted by molar-refractivity contribution is -0.870. The summed E-state index contributed by atoms with van der Waals surface area (Å²) in [7, 11) is 5.99. The molecule has 9 heteroatoms. The van der Waals surface area contributed by atoms with Crippen LogP contribution in [0.2, 0.25) is 0 Å². The Labute approximate surface area is 657 Å². The first-order chi connectivity index (χ1) is 52.1. The molecule has 1 N–H and O–H groups in total. The average molecular weight is 1480 g/mol. The number of hydrogen-bond donors (Lipinski definition) is 1. The van der Waals surface area contributed by atoms with Crippen LogP contribution < -0.4 is 0 Å². The topological polar surface area (TPSA) is 108 Å². The summed E-state index contributed by atoms with van der Waals surface area (Å²) < 4.78 is 23.1. The minimum atomic E-state index is -1.52. The Hall–Kier alpha value is -4.31. The van der Waals surface area contributed by atoms with E-state index in [1.165, 1.54) is 276 Å². The van der Waals surface area contributed by atoms with E-state index in [4.69, 9.17) is 18.9 Å². The van der Waals surface area contributed by atoms with Gasteiger partial charge < -0.3 is 28.5 Å². The van der Waals surface area contributed by atoms with Crippen LogP contribution in [0.25, 0.3) is 0 Å². The standard InChI is InChI=1S/C97H171NO8/c1-6-8-10-12-14-16-18-20-22-24-26-28-30-32-34-36-38-40-42-44-46-48-50-52-54-56-58-60-62-64-66-68-70-72-74-76-78-80-82-84-86-88-95(100)106-93(92-105-97(96(101)102)103-90-89-98(3,4)5)91-104-94(99)87-85-83-81-79-77-75-73-71-69-67-65-63-61-59-57-55-53-51-49-47-45-43-41-39-37-35-33-31-29-27-25-23-21-19-17-15-13-11-9-7-2/h8,10,14,16,20,22,26,28,32,34,38,40,44,46,50,52,56,58,62,64,93,97H,6-7,9,11-13,15,17-19,21,23-25,27,29-31,33,35-37,39,41-43,45,47-49,51,53-55,57,59-61,63,65-92H2,1-5H3/p+1/b10-8-,16-14-,22-20-,28-26-,34-32-,40-38-,46-44-,52-50-,58-56-,64-62-. The molecule has 0 amide bonds. The lowest BCUT2D eigenvalue weighted by Crippen LogP contribution is -2.40. The molecule has 0 fully saturated rings. The fourth-order valence-electron chi connectivity index (χ4n) is 13.2. The van der Waals surface area contributed by atoms with Crippen LogP contribution >= 0.6 is 0 Å². The van der Waals surface area contributed by atoms with E-state index < -0.39 is 24.3 Å². The summed E-state index contributed by atoms with van der Waals surface area (Å²) in [5.41, 5.74) is 0. The largest absolute Gasteiger partial charge is 0.477 e. The van der Waals surface area contributed by atoms with Crippen LogP contribution in [0.4, 0.5) is 0 Å². The normalized spacial score (nSPS) is 13.2. The van der Waals surface area contributed by atoms with E-state index in [9.17, 15) is 19.5 Å². The molecule has 0 saturated carbocycles. The van der Waals surface area contributed by atoms with Crippen molar-refractivity contribution in [3.63, 3.8) is 0 Å². The molecule has 0 radical (unpaired) electrons. The van der Waals surface area contributed by atoms with Crippen molar-refractivity contribution in [2.75, 3.05) is 47.5 Å². The number of hydrogen-bond acceptors (Lipinski definition) is 7. The van der Waals surface area contributed by atoms with E-state index in [0.29, 0.717) is 23.9 Å². The highest BCUT2D eigenvalue weighted by atomic mass is 16.7. The Balaban J connectivity index is 3.98. The van der Waals surface area contributed by atoms with Gasteiger partial charge in [0.25, 0.3) is 6.29 Å². The van der Waals surface area contributed by atoms with Crippen LogP contribution in [0.5, 0.6) is 0 Å². The molecule has 0 saturated heterocycles. The molecule has 0 bridgehead atoms. The predicted octanol–water partition coefficient (Wildman–Crippen LogP) is 29.8. The first-order valence-corrected chi connectivity index (χ1v) is 45.2. The molecule has 0 aliphatic heterocycles. The predicted molar refractivity (Wildman–Crippen MR) is 461 cm³/mol. The Morgan fingerprint density at radius 2 is 0.538 bits per heavy atom. The van der Waals surface area contributed by atoms with Crippen LogP contribution in [-0.2, 0) is 33.3 Å². The summed E-state index contributed by atoms with van der Waals surface area (Å²) in [6, 6.07) is 0. The number of carboxylic acids is 1. The van der Waals surface area contributed by atoms with Gasteiger partial charge in [-0.3, -0.25) is 9.59 Å². The Morgan fingerprint density at radius 3 is 0.802 bits per heavy atom. The van der Waals surface area contributed by atoms with E-state index in [1.807, 2.05) is 21.1 Å². The zero-order chi connectivity index (χ0) is 76.7. The molecule has 0 heterocycles. The second-order valence-electron chi connectivity index (χ2n) is 31.5. The van der Waals surface area contributed by atoms with Gasteiger partial charge in [0, 0.05) is 12.8 Å². The molecule has 2 atom stereocenters. The second kappa shape index (κ2) is 86.3. The summed E-state index contributed by atoms with van der Waals surface area (Å²) in [6.07, 6.45) is 121. The zero-order valence-corrected chi connectivity index (χ0v) is 70.3. The Morgan fingerprint density at radius 1 is 0.292 bits per heavy atom. The minimum absolute atomic E-state index is 0.184. The second-order valence-corrected chi connectivity index (χ2v) is 31.5. The van der Waals surface area contributed by atoms with E-state index in [-0.39, 0.29) is 32.2 Å².